The molecule has 1 amide bonds. The number of aromatic nitrogens is 1. The number of carbonyl (C=O) groups excluding carboxylic acids is 1. The minimum atomic E-state index is -0.175. The van der Waals surface area contributed by atoms with Crippen LogP contribution in [0.2, 0.25) is 5.02 Å². The van der Waals surface area contributed by atoms with Gasteiger partial charge in [0, 0.05) is 36.5 Å². The van der Waals surface area contributed by atoms with Crippen LogP contribution in [0.15, 0.2) is 42.7 Å². The van der Waals surface area contributed by atoms with Gasteiger partial charge in [-0.15, -0.1) is 0 Å². The smallest absolute Gasteiger partial charge is 0.252 e. The van der Waals surface area contributed by atoms with Gasteiger partial charge < -0.3 is 10.4 Å². The number of nitrogens with one attached hydrogen (secondary N) is 1. The molecule has 0 aliphatic heterocycles. The van der Waals surface area contributed by atoms with E-state index in [0.717, 1.165) is 11.1 Å². The first-order valence-corrected chi connectivity index (χ1v) is 7.51. The predicted molar refractivity (Wildman–Crippen MR) is 87.0 cm³/mol. The van der Waals surface area contributed by atoms with Gasteiger partial charge in [-0.2, -0.15) is 0 Å². The number of carbonyl (C=O) groups is 1. The van der Waals surface area contributed by atoms with Crippen molar-refractivity contribution in [3.05, 3.63) is 64.4 Å². The highest BCUT2D eigenvalue weighted by molar-refractivity contribution is 6.30. The molecule has 2 rings (SSSR count). The zero-order valence-corrected chi connectivity index (χ0v) is 13.2. The number of amides is 1. The van der Waals surface area contributed by atoms with E-state index in [4.69, 9.17) is 11.6 Å². The maximum absolute atomic E-state index is 12.1. The number of aliphatic hydroxyl groups is 1. The second kappa shape index (κ2) is 7.92. The Morgan fingerprint density at radius 3 is 2.68 bits per heavy atom. The van der Waals surface area contributed by atoms with Gasteiger partial charge in [0.1, 0.15) is 0 Å². The van der Waals surface area contributed by atoms with Crippen molar-refractivity contribution in [1.82, 2.24) is 10.3 Å². The van der Waals surface area contributed by atoms with E-state index in [2.05, 4.69) is 10.3 Å². The first-order valence-electron chi connectivity index (χ1n) is 7.13. The van der Waals surface area contributed by atoms with E-state index in [-0.39, 0.29) is 18.4 Å². The van der Waals surface area contributed by atoms with Crippen LogP contribution in [0.25, 0.3) is 0 Å². The molecule has 1 atom stereocenters. The molecule has 0 aliphatic carbocycles. The van der Waals surface area contributed by atoms with Crippen LogP contribution in [0.3, 0.4) is 0 Å². The van der Waals surface area contributed by atoms with E-state index in [1.165, 1.54) is 6.20 Å². The van der Waals surface area contributed by atoms with Crippen molar-refractivity contribution in [2.24, 2.45) is 5.92 Å². The van der Waals surface area contributed by atoms with E-state index in [1.54, 1.807) is 12.3 Å². The minimum Gasteiger partial charge on any atom is -0.396 e. The number of benzene rings is 1. The number of aryl methyl sites for hydroxylation is 1. The second-order valence-corrected chi connectivity index (χ2v) is 5.78. The Labute approximate surface area is 135 Å². The third-order valence-electron chi connectivity index (χ3n) is 3.38. The summed E-state index contributed by atoms with van der Waals surface area (Å²) in [4.78, 5) is 16.1. The molecule has 5 heteroatoms. The van der Waals surface area contributed by atoms with Crippen LogP contribution >= 0.6 is 11.6 Å². The monoisotopic (exact) mass is 318 g/mol. The van der Waals surface area contributed by atoms with Gasteiger partial charge in [-0.1, -0.05) is 23.7 Å². The number of hydrogen-bond acceptors (Lipinski definition) is 3. The van der Waals surface area contributed by atoms with Crippen molar-refractivity contribution in [2.45, 2.75) is 13.3 Å². The van der Waals surface area contributed by atoms with Gasteiger partial charge in [0.2, 0.25) is 0 Å². The van der Waals surface area contributed by atoms with Crippen LogP contribution in [-0.2, 0) is 6.42 Å². The molecule has 0 aliphatic rings. The molecular weight excluding hydrogens is 300 g/mol. The highest BCUT2D eigenvalue weighted by atomic mass is 35.5. The number of nitrogens with zero attached hydrogens (tertiary/aromatic N) is 1. The van der Waals surface area contributed by atoms with E-state index in [9.17, 15) is 9.90 Å². The van der Waals surface area contributed by atoms with Crippen LogP contribution in [-0.4, -0.2) is 29.1 Å². The van der Waals surface area contributed by atoms with Gasteiger partial charge in [0.25, 0.3) is 5.91 Å². The van der Waals surface area contributed by atoms with Crippen molar-refractivity contribution < 1.29 is 9.90 Å². The summed E-state index contributed by atoms with van der Waals surface area (Å²) in [7, 11) is 0. The number of rotatable bonds is 6. The Balaban J connectivity index is 1.90. The average molecular weight is 319 g/mol. The van der Waals surface area contributed by atoms with Gasteiger partial charge in [0.15, 0.2) is 0 Å². The second-order valence-electron chi connectivity index (χ2n) is 5.34. The maximum atomic E-state index is 12.1. The quantitative estimate of drug-likeness (QED) is 0.860. The van der Waals surface area contributed by atoms with Crippen molar-refractivity contribution in [3.63, 3.8) is 0 Å². The Hall–Kier alpha value is -1.91. The van der Waals surface area contributed by atoms with Gasteiger partial charge in [-0.05, 0) is 42.7 Å². The fourth-order valence-electron chi connectivity index (χ4n) is 2.17. The predicted octanol–water partition coefficient (Wildman–Crippen LogP) is 2.62. The third kappa shape index (κ3) is 4.83. The average Bonchev–Trinajstić information content (AvgIpc) is 2.53. The third-order valence-corrected chi connectivity index (χ3v) is 3.64. The summed E-state index contributed by atoms with van der Waals surface area (Å²) in [6, 6.07) is 9.29. The molecule has 4 nitrogen and oxygen atoms in total. The Kier molecular flexibility index (Phi) is 5.92. The molecule has 1 unspecified atom stereocenters. The van der Waals surface area contributed by atoms with E-state index in [0.29, 0.717) is 23.6 Å². The molecule has 1 heterocycles. The topological polar surface area (TPSA) is 62.2 Å². The van der Waals surface area contributed by atoms with Gasteiger partial charge >= 0.3 is 0 Å². The molecule has 0 radical (unpaired) electrons. The summed E-state index contributed by atoms with van der Waals surface area (Å²) < 4.78 is 0. The summed E-state index contributed by atoms with van der Waals surface area (Å²) in [6.45, 7) is 2.31. The molecule has 2 N–H and O–H groups in total. The highest BCUT2D eigenvalue weighted by Crippen LogP contribution is 2.13. The highest BCUT2D eigenvalue weighted by Gasteiger charge is 2.12. The summed E-state index contributed by atoms with van der Waals surface area (Å²) in [5.41, 5.74) is 2.55. The van der Waals surface area contributed by atoms with Crippen molar-refractivity contribution in [3.8, 4) is 0 Å². The molecule has 0 saturated heterocycles. The number of hydrogen-bond donors (Lipinski definition) is 2. The fourth-order valence-corrected chi connectivity index (χ4v) is 2.30. The lowest BCUT2D eigenvalue weighted by molar-refractivity contribution is 0.0939. The van der Waals surface area contributed by atoms with Crippen LogP contribution < -0.4 is 5.32 Å². The summed E-state index contributed by atoms with van der Waals surface area (Å²) in [5.74, 6) is -0.214. The van der Waals surface area contributed by atoms with Gasteiger partial charge in [-0.3, -0.25) is 9.78 Å². The van der Waals surface area contributed by atoms with Crippen LogP contribution in [0, 0.1) is 12.8 Å². The molecule has 1 aromatic carbocycles. The van der Waals surface area contributed by atoms with Crippen LogP contribution in [0.1, 0.15) is 21.5 Å². The fraction of sp³-hybridized carbons (Fsp3) is 0.294. The SMILES string of the molecule is Cc1cncc(C(=O)NCC(CO)Cc2ccc(Cl)cc2)c1. The zero-order valence-electron chi connectivity index (χ0n) is 12.4. The molecule has 116 valence electrons. The molecule has 0 fully saturated rings. The van der Waals surface area contributed by atoms with Crippen molar-refractivity contribution in [2.75, 3.05) is 13.2 Å². The minimum absolute atomic E-state index is 0.00890. The van der Waals surface area contributed by atoms with E-state index >= 15 is 0 Å². The number of aliphatic hydroxyl groups excluding tert-OH is 1. The lowest BCUT2D eigenvalue weighted by Gasteiger charge is -2.15. The molecule has 1 aromatic heterocycles. The maximum Gasteiger partial charge on any atom is 0.252 e. The summed E-state index contributed by atoms with van der Waals surface area (Å²) in [6.07, 6.45) is 3.92. The number of pyridine rings is 1. The van der Waals surface area contributed by atoms with Crippen LogP contribution in [0.5, 0.6) is 0 Å². The molecule has 0 spiro atoms. The van der Waals surface area contributed by atoms with Gasteiger partial charge in [-0.25, -0.2) is 0 Å². The first-order chi connectivity index (χ1) is 10.6. The Morgan fingerprint density at radius 1 is 1.32 bits per heavy atom. The molecule has 2 aromatic rings. The lowest BCUT2D eigenvalue weighted by atomic mass is 10.00. The first kappa shape index (κ1) is 16.5. The zero-order chi connectivity index (χ0) is 15.9. The Morgan fingerprint density at radius 2 is 2.05 bits per heavy atom. The van der Waals surface area contributed by atoms with Crippen molar-refractivity contribution in [1.29, 1.82) is 0 Å². The molecular formula is C17H19ClN2O2. The lowest BCUT2D eigenvalue weighted by Crippen LogP contribution is -2.32. The van der Waals surface area contributed by atoms with E-state index < -0.39 is 0 Å². The van der Waals surface area contributed by atoms with Crippen molar-refractivity contribution >= 4 is 17.5 Å². The van der Waals surface area contributed by atoms with E-state index in [1.807, 2.05) is 31.2 Å². The molecule has 0 saturated carbocycles. The number of halogens is 1. The van der Waals surface area contributed by atoms with Gasteiger partial charge in [0.05, 0.1) is 5.56 Å². The van der Waals surface area contributed by atoms with Crippen LogP contribution in [0.4, 0.5) is 0 Å². The molecule has 22 heavy (non-hydrogen) atoms. The Bertz CT molecular complexity index is 629. The summed E-state index contributed by atoms with van der Waals surface area (Å²) >= 11 is 5.85. The normalized spacial score (nSPS) is 12.0. The summed E-state index contributed by atoms with van der Waals surface area (Å²) in [5, 5.41) is 13.0. The standard InChI is InChI=1S/C17H19ClN2O2/c1-12-6-15(10-19-8-12)17(22)20-9-14(11-21)7-13-2-4-16(18)5-3-13/h2-6,8,10,14,21H,7,9,11H2,1H3,(H,20,22). The molecule has 0 bridgehead atoms. The largest absolute Gasteiger partial charge is 0.396 e.